The van der Waals surface area contributed by atoms with Gasteiger partial charge in [0, 0.05) is 5.56 Å². The van der Waals surface area contributed by atoms with Crippen LogP contribution in [0.2, 0.25) is 10.2 Å². The highest BCUT2D eigenvalue weighted by Crippen LogP contribution is 2.32. The smallest absolute Gasteiger partial charge is 0.155 e. The summed E-state index contributed by atoms with van der Waals surface area (Å²) in [6.45, 7) is 1.71. The van der Waals surface area contributed by atoms with E-state index >= 15 is 0 Å². The van der Waals surface area contributed by atoms with Gasteiger partial charge in [-0.1, -0.05) is 29.3 Å². The van der Waals surface area contributed by atoms with Crippen molar-refractivity contribution in [2.24, 2.45) is 0 Å². The largest absolute Gasteiger partial charge is 0.495 e. The van der Waals surface area contributed by atoms with E-state index in [1.54, 1.807) is 25.1 Å². The van der Waals surface area contributed by atoms with Crippen molar-refractivity contribution in [2.45, 2.75) is 6.92 Å². The van der Waals surface area contributed by atoms with Crippen molar-refractivity contribution in [3.8, 4) is 17.0 Å². The molecular formula is C13H10Cl2N2O2. The highest BCUT2D eigenvalue weighted by molar-refractivity contribution is 6.32. The molecule has 2 rings (SSSR count). The number of hydrogen-bond donors (Lipinski definition) is 0. The molecule has 0 unspecified atom stereocenters. The van der Waals surface area contributed by atoms with Crippen molar-refractivity contribution in [1.29, 1.82) is 0 Å². The monoisotopic (exact) mass is 296 g/mol. The number of carbonyl (C=O) groups is 1. The molecule has 0 aliphatic carbocycles. The van der Waals surface area contributed by atoms with E-state index in [1.807, 2.05) is 0 Å². The number of benzene rings is 1. The van der Waals surface area contributed by atoms with Gasteiger partial charge in [0.1, 0.15) is 16.7 Å². The minimum absolute atomic E-state index is 0.131. The maximum absolute atomic E-state index is 11.1. The van der Waals surface area contributed by atoms with Crippen molar-refractivity contribution < 1.29 is 9.53 Å². The van der Waals surface area contributed by atoms with Crippen LogP contribution in [0.1, 0.15) is 16.2 Å². The molecule has 2 aromatic rings. The van der Waals surface area contributed by atoms with E-state index in [9.17, 15) is 4.79 Å². The second kappa shape index (κ2) is 5.55. The number of methoxy groups -OCH3 is 1. The van der Waals surface area contributed by atoms with Crippen LogP contribution in [-0.2, 0) is 0 Å². The first kappa shape index (κ1) is 13.8. The quantitative estimate of drug-likeness (QED) is 0.642. The minimum Gasteiger partial charge on any atom is -0.495 e. The fourth-order valence-electron chi connectivity index (χ4n) is 1.68. The third-order valence-corrected chi connectivity index (χ3v) is 3.15. The lowest BCUT2D eigenvalue weighted by molar-refractivity contribution is 0.112. The lowest BCUT2D eigenvalue weighted by Gasteiger charge is -2.09. The number of ether oxygens (including phenoxy) is 1. The summed E-state index contributed by atoms with van der Waals surface area (Å²) in [4.78, 5) is 19.3. The molecule has 6 heteroatoms. The molecule has 0 N–H and O–H groups in total. The van der Waals surface area contributed by atoms with Crippen molar-refractivity contribution in [3.05, 3.63) is 39.8 Å². The van der Waals surface area contributed by atoms with Gasteiger partial charge in [-0.15, -0.1) is 0 Å². The van der Waals surface area contributed by atoms with Crippen LogP contribution in [0.5, 0.6) is 5.75 Å². The van der Waals surface area contributed by atoms with Gasteiger partial charge in [-0.2, -0.15) is 0 Å². The zero-order valence-electron chi connectivity index (χ0n) is 10.3. The van der Waals surface area contributed by atoms with Crippen LogP contribution in [0.4, 0.5) is 0 Å². The summed E-state index contributed by atoms with van der Waals surface area (Å²) >= 11 is 11.9. The van der Waals surface area contributed by atoms with Gasteiger partial charge in [0.15, 0.2) is 6.29 Å². The van der Waals surface area contributed by atoms with Crippen LogP contribution < -0.4 is 4.74 Å². The summed E-state index contributed by atoms with van der Waals surface area (Å²) in [6.07, 6.45) is 0.637. The lowest BCUT2D eigenvalue weighted by Crippen LogP contribution is -1.99. The molecular weight excluding hydrogens is 287 g/mol. The lowest BCUT2D eigenvalue weighted by atomic mass is 10.1. The van der Waals surface area contributed by atoms with Gasteiger partial charge in [0.2, 0.25) is 0 Å². The van der Waals surface area contributed by atoms with Crippen LogP contribution in [-0.4, -0.2) is 23.4 Å². The van der Waals surface area contributed by atoms with E-state index in [0.717, 1.165) is 0 Å². The van der Waals surface area contributed by atoms with Gasteiger partial charge in [0.05, 0.1) is 23.4 Å². The number of hydrogen-bond acceptors (Lipinski definition) is 4. The maximum atomic E-state index is 11.1. The molecule has 0 bridgehead atoms. The van der Waals surface area contributed by atoms with Crippen molar-refractivity contribution in [3.63, 3.8) is 0 Å². The molecule has 0 aliphatic rings. The van der Waals surface area contributed by atoms with Crippen LogP contribution in [0.3, 0.4) is 0 Å². The Morgan fingerprint density at radius 1 is 1.26 bits per heavy atom. The second-order valence-electron chi connectivity index (χ2n) is 3.79. The number of halogens is 2. The fourth-order valence-corrected chi connectivity index (χ4v) is 2.13. The summed E-state index contributed by atoms with van der Waals surface area (Å²) in [5.41, 5.74) is 1.40. The van der Waals surface area contributed by atoms with Crippen molar-refractivity contribution >= 4 is 29.5 Å². The standard InChI is InChI=1S/C13H10Cl2N2O2/c1-7-16-12(9(6-18)13(15)17-7)8-3-4-10(14)11(5-8)19-2/h3-6H,1-2H3. The van der Waals surface area contributed by atoms with Gasteiger partial charge in [-0.25, -0.2) is 9.97 Å². The van der Waals surface area contributed by atoms with E-state index in [4.69, 9.17) is 27.9 Å². The Morgan fingerprint density at radius 2 is 2.00 bits per heavy atom. The fraction of sp³-hybridized carbons (Fsp3) is 0.154. The molecule has 0 fully saturated rings. The molecule has 1 aromatic heterocycles. The molecule has 98 valence electrons. The summed E-state index contributed by atoms with van der Waals surface area (Å²) in [6, 6.07) is 5.12. The van der Waals surface area contributed by atoms with E-state index in [-0.39, 0.29) is 10.7 Å². The molecule has 1 heterocycles. The zero-order chi connectivity index (χ0) is 14.0. The Bertz CT molecular complexity index is 645. The van der Waals surface area contributed by atoms with Gasteiger partial charge in [-0.3, -0.25) is 4.79 Å². The summed E-state index contributed by atoms with van der Waals surface area (Å²) < 4.78 is 5.14. The number of aryl methyl sites for hydroxylation is 1. The van der Waals surface area contributed by atoms with Crippen LogP contribution in [0.25, 0.3) is 11.3 Å². The topological polar surface area (TPSA) is 52.1 Å². The molecule has 19 heavy (non-hydrogen) atoms. The number of aldehydes is 1. The first-order valence-corrected chi connectivity index (χ1v) is 6.15. The van der Waals surface area contributed by atoms with Crippen molar-refractivity contribution in [1.82, 2.24) is 9.97 Å². The first-order valence-electron chi connectivity index (χ1n) is 5.40. The second-order valence-corrected chi connectivity index (χ2v) is 4.56. The SMILES string of the molecule is COc1cc(-c2nc(C)nc(Cl)c2C=O)ccc1Cl. The Hall–Kier alpha value is -1.65. The minimum atomic E-state index is 0.131. The Kier molecular flexibility index (Phi) is 4.02. The molecule has 0 amide bonds. The maximum Gasteiger partial charge on any atom is 0.155 e. The number of carbonyl (C=O) groups excluding carboxylic acids is 1. The van der Waals surface area contributed by atoms with E-state index in [0.29, 0.717) is 34.1 Å². The number of rotatable bonds is 3. The molecule has 0 radical (unpaired) electrons. The zero-order valence-corrected chi connectivity index (χ0v) is 11.8. The molecule has 0 atom stereocenters. The molecule has 0 saturated carbocycles. The Morgan fingerprint density at radius 3 is 2.63 bits per heavy atom. The highest BCUT2D eigenvalue weighted by atomic mass is 35.5. The molecule has 0 spiro atoms. The third kappa shape index (κ3) is 2.69. The molecule has 0 saturated heterocycles. The number of nitrogens with zero attached hydrogens (tertiary/aromatic N) is 2. The summed E-state index contributed by atoms with van der Waals surface area (Å²) in [5.74, 6) is 0.989. The van der Waals surface area contributed by atoms with Gasteiger partial charge < -0.3 is 4.74 Å². The molecule has 4 nitrogen and oxygen atoms in total. The first-order chi connectivity index (χ1) is 9.06. The molecule has 0 aliphatic heterocycles. The summed E-state index contributed by atoms with van der Waals surface area (Å²) in [5, 5.41) is 0.613. The van der Waals surface area contributed by atoms with Crippen LogP contribution in [0, 0.1) is 6.92 Å². The normalized spacial score (nSPS) is 10.3. The summed E-state index contributed by atoms with van der Waals surface area (Å²) in [7, 11) is 1.52. The third-order valence-electron chi connectivity index (χ3n) is 2.55. The van der Waals surface area contributed by atoms with Gasteiger partial charge in [-0.05, 0) is 19.1 Å². The van der Waals surface area contributed by atoms with Crippen molar-refractivity contribution in [2.75, 3.05) is 7.11 Å². The predicted octanol–water partition coefficient (Wildman–Crippen LogP) is 3.58. The van der Waals surface area contributed by atoms with Crippen LogP contribution in [0.15, 0.2) is 18.2 Å². The highest BCUT2D eigenvalue weighted by Gasteiger charge is 2.14. The van der Waals surface area contributed by atoms with Gasteiger partial charge >= 0.3 is 0 Å². The molecule has 1 aromatic carbocycles. The Labute approximate surface area is 120 Å². The van der Waals surface area contributed by atoms with E-state index in [1.165, 1.54) is 7.11 Å². The average Bonchev–Trinajstić information content (AvgIpc) is 2.38. The number of aromatic nitrogens is 2. The predicted molar refractivity (Wildman–Crippen MR) is 74.2 cm³/mol. The van der Waals surface area contributed by atoms with E-state index in [2.05, 4.69) is 9.97 Å². The average molecular weight is 297 g/mol. The Balaban J connectivity index is 2.67. The van der Waals surface area contributed by atoms with Crippen LogP contribution >= 0.6 is 23.2 Å². The van der Waals surface area contributed by atoms with Gasteiger partial charge in [0.25, 0.3) is 0 Å². The van der Waals surface area contributed by atoms with E-state index < -0.39 is 0 Å².